The van der Waals surface area contributed by atoms with Crippen molar-refractivity contribution in [1.82, 2.24) is 5.32 Å². The normalized spacial score (nSPS) is 11.6. The van der Waals surface area contributed by atoms with Crippen LogP contribution in [0, 0.1) is 0 Å². The van der Waals surface area contributed by atoms with Crippen molar-refractivity contribution in [3.8, 4) is 17.2 Å². The molecule has 0 radical (unpaired) electrons. The van der Waals surface area contributed by atoms with Gasteiger partial charge in [-0.1, -0.05) is 30.7 Å². The van der Waals surface area contributed by atoms with Gasteiger partial charge in [0.05, 0.1) is 13.7 Å². The number of ether oxygens (including phenoxy) is 3. The Balaban J connectivity index is 1.81. The predicted molar refractivity (Wildman–Crippen MR) is 112 cm³/mol. The van der Waals surface area contributed by atoms with Crippen LogP contribution in [0.15, 0.2) is 42.5 Å². The Hall–Kier alpha value is -2.40. The highest BCUT2D eigenvalue weighted by Crippen LogP contribution is 2.28. The second-order valence-electron chi connectivity index (χ2n) is 6.28. The van der Waals surface area contributed by atoms with Crippen LogP contribution in [-0.4, -0.2) is 32.3 Å². The maximum absolute atomic E-state index is 12.4. The molecule has 0 saturated heterocycles. The number of aryl methyl sites for hydroxylation is 1. The van der Waals surface area contributed by atoms with Gasteiger partial charge in [0, 0.05) is 11.6 Å². The molecule has 0 saturated carbocycles. The average Bonchev–Trinajstić information content (AvgIpc) is 2.70. The van der Waals surface area contributed by atoms with Crippen LogP contribution < -0.4 is 19.5 Å². The molecule has 0 unspecified atom stereocenters. The topological polar surface area (TPSA) is 56.8 Å². The number of halogens is 1. The lowest BCUT2D eigenvalue weighted by Gasteiger charge is -2.17. The number of nitrogens with one attached hydrogen (secondary N) is 1. The first-order valence-corrected chi connectivity index (χ1v) is 9.94. The van der Waals surface area contributed by atoms with E-state index in [1.54, 1.807) is 31.4 Å². The van der Waals surface area contributed by atoms with Crippen molar-refractivity contribution in [2.45, 2.75) is 39.2 Å². The van der Waals surface area contributed by atoms with Gasteiger partial charge in [0.15, 0.2) is 17.6 Å². The highest BCUT2D eigenvalue weighted by atomic mass is 35.5. The highest BCUT2D eigenvalue weighted by Gasteiger charge is 2.18. The maximum Gasteiger partial charge on any atom is 0.261 e. The molecule has 0 heterocycles. The lowest BCUT2D eigenvalue weighted by Crippen LogP contribution is -2.38. The van der Waals surface area contributed by atoms with Crippen LogP contribution in [0.3, 0.4) is 0 Å². The van der Waals surface area contributed by atoms with Crippen LogP contribution in [0.2, 0.25) is 5.02 Å². The van der Waals surface area contributed by atoms with Gasteiger partial charge in [0.1, 0.15) is 5.75 Å². The molecule has 152 valence electrons. The summed E-state index contributed by atoms with van der Waals surface area (Å²) in [7, 11) is 1.63. The molecule has 28 heavy (non-hydrogen) atoms. The summed E-state index contributed by atoms with van der Waals surface area (Å²) in [6.45, 7) is 5.03. The zero-order valence-electron chi connectivity index (χ0n) is 16.7. The van der Waals surface area contributed by atoms with Gasteiger partial charge >= 0.3 is 0 Å². The van der Waals surface area contributed by atoms with Gasteiger partial charge in [0.2, 0.25) is 0 Å². The van der Waals surface area contributed by atoms with Gasteiger partial charge in [-0.25, -0.2) is 0 Å². The third-order valence-corrected chi connectivity index (χ3v) is 4.44. The van der Waals surface area contributed by atoms with E-state index in [4.69, 9.17) is 25.8 Å². The van der Waals surface area contributed by atoms with E-state index >= 15 is 0 Å². The molecule has 0 fully saturated rings. The zero-order valence-corrected chi connectivity index (χ0v) is 17.4. The SMILES string of the molecule is CCOc1ccc(CCCNC(=O)[C@H](CC)Oc2cccc(Cl)c2)cc1OC. The van der Waals surface area contributed by atoms with E-state index in [1.807, 2.05) is 32.0 Å². The monoisotopic (exact) mass is 405 g/mol. The van der Waals surface area contributed by atoms with Gasteiger partial charge in [-0.2, -0.15) is 0 Å². The van der Waals surface area contributed by atoms with Crippen molar-refractivity contribution in [2.24, 2.45) is 0 Å². The number of benzene rings is 2. The molecule has 1 atom stereocenters. The summed E-state index contributed by atoms with van der Waals surface area (Å²) in [6.07, 6.45) is 1.68. The molecular weight excluding hydrogens is 378 g/mol. The van der Waals surface area contributed by atoms with Crippen molar-refractivity contribution < 1.29 is 19.0 Å². The van der Waals surface area contributed by atoms with E-state index in [-0.39, 0.29) is 5.91 Å². The van der Waals surface area contributed by atoms with Crippen LogP contribution in [0.1, 0.15) is 32.3 Å². The van der Waals surface area contributed by atoms with E-state index in [2.05, 4.69) is 5.32 Å². The van der Waals surface area contributed by atoms with E-state index in [1.165, 1.54) is 0 Å². The number of carbonyl (C=O) groups is 1. The van der Waals surface area contributed by atoms with Crippen LogP contribution in [-0.2, 0) is 11.2 Å². The Morgan fingerprint density at radius 3 is 2.64 bits per heavy atom. The fourth-order valence-electron chi connectivity index (χ4n) is 2.79. The first-order valence-electron chi connectivity index (χ1n) is 9.57. The Labute approximate surface area is 171 Å². The molecule has 0 aliphatic heterocycles. The molecule has 0 aliphatic rings. The first-order chi connectivity index (χ1) is 13.6. The molecule has 6 heteroatoms. The molecule has 0 aromatic heterocycles. The largest absolute Gasteiger partial charge is 0.493 e. The molecule has 5 nitrogen and oxygen atoms in total. The van der Waals surface area contributed by atoms with Gasteiger partial charge in [-0.15, -0.1) is 0 Å². The van der Waals surface area contributed by atoms with E-state index in [0.29, 0.717) is 30.3 Å². The maximum atomic E-state index is 12.4. The Morgan fingerprint density at radius 2 is 1.96 bits per heavy atom. The summed E-state index contributed by atoms with van der Waals surface area (Å²) in [5.74, 6) is 1.94. The van der Waals surface area contributed by atoms with Crippen LogP contribution in [0.25, 0.3) is 0 Å². The summed E-state index contributed by atoms with van der Waals surface area (Å²) in [6, 6.07) is 13.0. The number of hydrogen-bond donors (Lipinski definition) is 1. The van der Waals surface area contributed by atoms with E-state index in [0.717, 1.165) is 29.9 Å². The van der Waals surface area contributed by atoms with Gasteiger partial charge in [-0.3, -0.25) is 4.79 Å². The highest BCUT2D eigenvalue weighted by molar-refractivity contribution is 6.30. The van der Waals surface area contributed by atoms with Crippen molar-refractivity contribution in [3.05, 3.63) is 53.1 Å². The van der Waals surface area contributed by atoms with Gasteiger partial charge in [-0.05, 0) is 62.1 Å². The second kappa shape index (κ2) is 11.4. The minimum absolute atomic E-state index is 0.119. The number of carbonyl (C=O) groups excluding carboxylic acids is 1. The Morgan fingerprint density at radius 1 is 1.14 bits per heavy atom. The molecule has 1 amide bonds. The summed E-state index contributed by atoms with van der Waals surface area (Å²) in [4.78, 5) is 12.4. The molecule has 0 aliphatic carbocycles. The first kappa shape index (κ1) is 21.9. The van der Waals surface area contributed by atoms with Crippen LogP contribution in [0.5, 0.6) is 17.2 Å². The molecule has 0 bridgehead atoms. The summed E-state index contributed by atoms with van der Waals surface area (Å²) >= 11 is 5.96. The number of rotatable bonds is 11. The minimum Gasteiger partial charge on any atom is -0.493 e. The van der Waals surface area contributed by atoms with Gasteiger partial charge < -0.3 is 19.5 Å². The molecule has 1 N–H and O–H groups in total. The van der Waals surface area contributed by atoms with Crippen molar-refractivity contribution >= 4 is 17.5 Å². The predicted octanol–water partition coefficient (Wildman–Crippen LogP) is 4.65. The summed E-state index contributed by atoms with van der Waals surface area (Å²) in [5.41, 5.74) is 1.14. The van der Waals surface area contributed by atoms with E-state index < -0.39 is 6.10 Å². The zero-order chi connectivity index (χ0) is 20.4. The lowest BCUT2D eigenvalue weighted by atomic mass is 10.1. The number of amides is 1. The average molecular weight is 406 g/mol. The quantitative estimate of drug-likeness (QED) is 0.552. The minimum atomic E-state index is -0.538. The Bertz CT molecular complexity index is 766. The summed E-state index contributed by atoms with van der Waals surface area (Å²) in [5, 5.41) is 3.53. The van der Waals surface area contributed by atoms with Crippen molar-refractivity contribution in [1.29, 1.82) is 0 Å². The molecule has 2 rings (SSSR count). The lowest BCUT2D eigenvalue weighted by molar-refractivity contribution is -0.128. The molecule has 2 aromatic rings. The van der Waals surface area contributed by atoms with Crippen LogP contribution >= 0.6 is 11.6 Å². The molecular formula is C22H28ClNO4. The Kier molecular flexibility index (Phi) is 8.95. The molecule has 2 aromatic carbocycles. The standard InChI is InChI=1S/C22H28ClNO4/c1-4-19(28-18-10-6-9-17(23)15-18)22(25)24-13-7-8-16-11-12-20(27-5-2)21(14-16)26-3/h6,9-12,14-15,19H,4-5,7-8,13H2,1-3H3,(H,24,25)/t19-/m0/s1. The second-order valence-corrected chi connectivity index (χ2v) is 6.72. The smallest absolute Gasteiger partial charge is 0.261 e. The fourth-order valence-corrected chi connectivity index (χ4v) is 2.97. The van der Waals surface area contributed by atoms with Crippen molar-refractivity contribution in [2.75, 3.05) is 20.3 Å². The summed E-state index contributed by atoms with van der Waals surface area (Å²) < 4.78 is 16.7. The third kappa shape index (κ3) is 6.64. The van der Waals surface area contributed by atoms with Crippen LogP contribution in [0.4, 0.5) is 0 Å². The van der Waals surface area contributed by atoms with E-state index in [9.17, 15) is 4.79 Å². The number of methoxy groups -OCH3 is 1. The van der Waals surface area contributed by atoms with Gasteiger partial charge in [0.25, 0.3) is 5.91 Å². The molecule has 0 spiro atoms. The van der Waals surface area contributed by atoms with Crippen molar-refractivity contribution in [3.63, 3.8) is 0 Å². The number of hydrogen-bond acceptors (Lipinski definition) is 4. The fraction of sp³-hybridized carbons (Fsp3) is 0.409. The third-order valence-electron chi connectivity index (χ3n) is 4.21.